The fourth-order valence-electron chi connectivity index (χ4n) is 1.95. The van der Waals surface area contributed by atoms with E-state index in [4.69, 9.17) is 10.3 Å². The molecule has 0 bridgehead atoms. The van der Waals surface area contributed by atoms with Gasteiger partial charge in [0.1, 0.15) is 10.6 Å². The molecule has 0 aliphatic rings. The van der Waals surface area contributed by atoms with Crippen molar-refractivity contribution >= 4 is 32.6 Å². The van der Waals surface area contributed by atoms with Crippen molar-refractivity contribution in [3.8, 4) is 5.75 Å². The van der Waals surface area contributed by atoms with Crippen molar-refractivity contribution in [2.75, 3.05) is 5.32 Å². The van der Waals surface area contributed by atoms with Gasteiger partial charge in [-0.15, -0.1) is 0 Å². The van der Waals surface area contributed by atoms with Crippen molar-refractivity contribution in [2.45, 2.75) is 11.8 Å². The molecule has 2 amide bonds. The summed E-state index contributed by atoms with van der Waals surface area (Å²) >= 11 is 0. The van der Waals surface area contributed by atoms with E-state index in [-0.39, 0.29) is 11.3 Å². The van der Waals surface area contributed by atoms with Crippen molar-refractivity contribution in [1.29, 1.82) is 0 Å². The Balaban J connectivity index is 2.75. The minimum Gasteiger partial charge on any atom is -0.507 e. The number of nitrogens with one attached hydrogen (secondary N) is 1. The number of fused-ring (bicyclic) bond motifs is 1. The second-order valence-corrected chi connectivity index (χ2v) is 5.64. The van der Waals surface area contributed by atoms with E-state index < -0.39 is 21.0 Å². The largest absolute Gasteiger partial charge is 0.507 e. The summed E-state index contributed by atoms with van der Waals surface area (Å²) in [4.78, 5) is 10.4. The Morgan fingerprint density at radius 2 is 1.95 bits per heavy atom. The van der Waals surface area contributed by atoms with E-state index in [9.17, 15) is 18.3 Å². The molecule has 5 N–H and O–H groups in total. The summed E-state index contributed by atoms with van der Waals surface area (Å²) < 4.78 is 31.7. The first-order chi connectivity index (χ1) is 9.20. The zero-order chi connectivity index (χ0) is 15.1. The summed E-state index contributed by atoms with van der Waals surface area (Å²) in [6.45, 7) is 1.38. The van der Waals surface area contributed by atoms with Crippen LogP contribution in [0.25, 0.3) is 10.8 Å². The van der Waals surface area contributed by atoms with E-state index in [1.165, 1.54) is 31.2 Å². The summed E-state index contributed by atoms with van der Waals surface area (Å²) in [5.74, 6) is -0.249. The highest BCUT2D eigenvalue weighted by Crippen LogP contribution is 2.34. The molecule has 0 aliphatic carbocycles. The van der Waals surface area contributed by atoms with Crippen LogP contribution in [0.15, 0.2) is 29.2 Å². The number of carbonyl (C=O) groups excluding carboxylic acids is 1. The molecular weight excluding hydrogens is 284 g/mol. The molecule has 0 aromatic heterocycles. The predicted molar refractivity (Wildman–Crippen MR) is 73.4 cm³/mol. The first kappa shape index (κ1) is 14.1. The molecule has 0 atom stereocenters. The van der Waals surface area contributed by atoms with Crippen LogP contribution in [0.1, 0.15) is 5.56 Å². The number of nitrogens with two attached hydrogens (primary N) is 1. The lowest BCUT2D eigenvalue weighted by molar-refractivity contribution is 0.259. The van der Waals surface area contributed by atoms with Crippen LogP contribution in [0.3, 0.4) is 0 Å². The molecule has 0 radical (unpaired) electrons. The van der Waals surface area contributed by atoms with E-state index in [0.29, 0.717) is 16.5 Å². The Hall–Kier alpha value is -2.32. The van der Waals surface area contributed by atoms with Crippen LogP contribution in [0.5, 0.6) is 5.75 Å². The van der Waals surface area contributed by atoms with Gasteiger partial charge in [-0.05, 0) is 36.6 Å². The number of amides is 2. The van der Waals surface area contributed by atoms with E-state index in [1.807, 2.05) is 0 Å². The summed E-state index contributed by atoms with van der Waals surface area (Å²) in [5.41, 5.74) is 5.38. The Labute approximate surface area is 114 Å². The Kier molecular flexibility index (Phi) is 3.28. The van der Waals surface area contributed by atoms with E-state index in [2.05, 4.69) is 5.32 Å². The maximum absolute atomic E-state index is 11.3. The van der Waals surface area contributed by atoms with Gasteiger partial charge in [0.25, 0.3) is 10.1 Å². The molecule has 0 fully saturated rings. The van der Waals surface area contributed by atoms with Gasteiger partial charge >= 0.3 is 6.03 Å². The van der Waals surface area contributed by atoms with Gasteiger partial charge in [0.05, 0.1) is 0 Å². The van der Waals surface area contributed by atoms with E-state index in [1.54, 1.807) is 0 Å². The summed E-state index contributed by atoms with van der Waals surface area (Å²) in [7, 11) is -4.46. The molecule has 0 unspecified atom stereocenters. The van der Waals surface area contributed by atoms with Crippen LogP contribution in [0.2, 0.25) is 0 Å². The van der Waals surface area contributed by atoms with Gasteiger partial charge in [-0.3, -0.25) is 4.55 Å². The Bertz CT molecular complexity index is 814. The van der Waals surface area contributed by atoms with Crippen molar-refractivity contribution in [3.05, 3.63) is 29.8 Å². The zero-order valence-corrected chi connectivity index (χ0v) is 11.2. The first-order valence-corrected chi connectivity index (χ1v) is 6.94. The lowest BCUT2D eigenvalue weighted by Crippen LogP contribution is -2.19. The second kappa shape index (κ2) is 4.66. The normalized spacial score (nSPS) is 11.5. The number of phenols is 1. The number of urea groups is 1. The third-order valence-corrected chi connectivity index (χ3v) is 3.84. The van der Waals surface area contributed by atoms with Crippen LogP contribution in [0, 0.1) is 6.92 Å². The smallest absolute Gasteiger partial charge is 0.316 e. The summed E-state index contributed by atoms with van der Waals surface area (Å²) in [6.07, 6.45) is 0. The molecule has 20 heavy (non-hydrogen) atoms. The van der Waals surface area contributed by atoms with Gasteiger partial charge in [-0.25, -0.2) is 4.79 Å². The number of rotatable bonds is 2. The van der Waals surface area contributed by atoms with Gasteiger partial charge in [-0.1, -0.05) is 0 Å². The van der Waals surface area contributed by atoms with Gasteiger partial charge in [0.2, 0.25) is 0 Å². The number of anilines is 1. The Morgan fingerprint density at radius 1 is 1.30 bits per heavy atom. The molecule has 0 spiro atoms. The van der Waals surface area contributed by atoms with Gasteiger partial charge < -0.3 is 16.2 Å². The average molecular weight is 296 g/mol. The topological polar surface area (TPSA) is 130 Å². The molecule has 0 aliphatic heterocycles. The van der Waals surface area contributed by atoms with E-state index >= 15 is 0 Å². The predicted octanol–water partition coefficient (Wildman–Crippen LogP) is 1.59. The van der Waals surface area contributed by atoms with Gasteiger partial charge in [0.15, 0.2) is 0 Å². The van der Waals surface area contributed by atoms with Crippen molar-refractivity contribution in [2.24, 2.45) is 5.73 Å². The fourth-order valence-corrected chi connectivity index (χ4v) is 2.71. The van der Waals surface area contributed by atoms with E-state index in [0.717, 1.165) is 0 Å². The lowest BCUT2D eigenvalue weighted by atomic mass is 10.1. The van der Waals surface area contributed by atoms with Crippen molar-refractivity contribution in [3.63, 3.8) is 0 Å². The lowest BCUT2D eigenvalue weighted by Gasteiger charge is -2.10. The van der Waals surface area contributed by atoms with Gasteiger partial charge in [0, 0.05) is 16.6 Å². The SMILES string of the molecule is Cc1c(S(=O)(=O)O)cc2cc(NC(N)=O)ccc2c1O. The second-order valence-electron chi connectivity index (χ2n) is 4.25. The number of primary amides is 1. The monoisotopic (exact) mass is 296 g/mol. The quantitative estimate of drug-likeness (QED) is 0.625. The highest BCUT2D eigenvalue weighted by atomic mass is 32.2. The minimum absolute atomic E-state index is 0.0515. The molecule has 7 nitrogen and oxygen atoms in total. The standard InChI is InChI=1S/C12H12N2O5S/c1-6-10(20(17,18)19)5-7-4-8(14-12(13)16)2-3-9(7)11(6)15/h2-5,15H,1H3,(H3,13,14,16)(H,17,18,19). The van der Waals surface area contributed by atoms with Gasteiger partial charge in [-0.2, -0.15) is 8.42 Å². The average Bonchev–Trinajstić information content (AvgIpc) is 2.31. The molecule has 0 heterocycles. The van der Waals surface area contributed by atoms with Crippen LogP contribution < -0.4 is 11.1 Å². The number of aromatic hydroxyl groups is 1. The fraction of sp³-hybridized carbons (Fsp3) is 0.0833. The molecule has 2 aromatic rings. The van der Waals surface area contributed by atoms with Crippen LogP contribution in [-0.4, -0.2) is 24.1 Å². The van der Waals surface area contributed by atoms with Crippen LogP contribution in [-0.2, 0) is 10.1 Å². The maximum atomic E-state index is 11.3. The molecule has 2 aromatic carbocycles. The first-order valence-electron chi connectivity index (χ1n) is 5.50. The number of phenolic OH excluding ortho intramolecular Hbond substituents is 1. The third kappa shape index (κ3) is 2.51. The number of hydrogen-bond donors (Lipinski definition) is 4. The summed E-state index contributed by atoms with van der Waals surface area (Å²) in [5, 5.41) is 13.1. The van der Waals surface area contributed by atoms with Crippen LogP contribution >= 0.6 is 0 Å². The number of benzene rings is 2. The molecule has 2 rings (SSSR count). The number of hydrogen-bond acceptors (Lipinski definition) is 4. The Morgan fingerprint density at radius 3 is 2.50 bits per heavy atom. The molecular formula is C12H12N2O5S. The highest BCUT2D eigenvalue weighted by Gasteiger charge is 2.18. The highest BCUT2D eigenvalue weighted by molar-refractivity contribution is 7.85. The molecule has 0 saturated carbocycles. The summed E-state index contributed by atoms with van der Waals surface area (Å²) in [6, 6.07) is 4.91. The molecule has 0 saturated heterocycles. The minimum atomic E-state index is -4.46. The molecule has 106 valence electrons. The van der Waals surface area contributed by atoms with Crippen molar-refractivity contribution < 1.29 is 22.9 Å². The van der Waals surface area contributed by atoms with Crippen LogP contribution in [0.4, 0.5) is 10.5 Å². The maximum Gasteiger partial charge on any atom is 0.316 e. The third-order valence-electron chi connectivity index (χ3n) is 2.86. The zero-order valence-electron chi connectivity index (χ0n) is 10.4. The van der Waals surface area contributed by atoms with Crippen molar-refractivity contribution in [1.82, 2.24) is 0 Å². The molecule has 8 heteroatoms. The number of carbonyl (C=O) groups is 1.